The smallest absolute Gasteiger partial charge is 0.307 e. The summed E-state index contributed by atoms with van der Waals surface area (Å²) >= 11 is 0. The van der Waals surface area contributed by atoms with E-state index >= 15 is 0 Å². The number of rotatable bonds is 3. The van der Waals surface area contributed by atoms with Crippen molar-refractivity contribution in [1.29, 1.82) is 0 Å². The monoisotopic (exact) mass is 206 g/mol. The molecule has 1 aromatic rings. The van der Waals surface area contributed by atoms with Crippen LogP contribution in [0.15, 0.2) is 16.5 Å². The molecule has 2 saturated carbocycles. The molecule has 0 aromatic carbocycles. The van der Waals surface area contributed by atoms with Crippen molar-refractivity contribution in [3.63, 3.8) is 0 Å². The zero-order chi connectivity index (χ0) is 10.6. The van der Waals surface area contributed by atoms with E-state index in [0.717, 1.165) is 23.9 Å². The van der Waals surface area contributed by atoms with Crippen LogP contribution in [0.25, 0.3) is 0 Å². The second-order valence-corrected chi connectivity index (χ2v) is 4.85. The van der Waals surface area contributed by atoms with Gasteiger partial charge < -0.3 is 9.52 Å². The van der Waals surface area contributed by atoms with Gasteiger partial charge in [0.2, 0.25) is 0 Å². The molecule has 0 spiro atoms. The van der Waals surface area contributed by atoms with E-state index in [1.807, 2.05) is 12.1 Å². The largest absolute Gasteiger partial charge is 0.481 e. The maximum Gasteiger partial charge on any atom is 0.307 e. The highest BCUT2D eigenvalue weighted by Gasteiger charge is 2.47. The Morgan fingerprint density at radius 3 is 2.40 bits per heavy atom. The lowest BCUT2D eigenvalue weighted by Gasteiger charge is -1.93. The predicted octanol–water partition coefficient (Wildman–Crippen LogP) is 2.59. The third-order valence-corrected chi connectivity index (χ3v) is 3.60. The van der Waals surface area contributed by atoms with E-state index in [2.05, 4.69) is 6.92 Å². The minimum Gasteiger partial charge on any atom is -0.481 e. The maximum absolute atomic E-state index is 10.7. The van der Waals surface area contributed by atoms with Crippen LogP contribution in [0.5, 0.6) is 0 Å². The first-order valence-corrected chi connectivity index (χ1v) is 5.49. The molecule has 15 heavy (non-hydrogen) atoms. The van der Waals surface area contributed by atoms with Gasteiger partial charge in [-0.3, -0.25) is 4.79 Å². The van der Waals surface area contributed by atoms with Gasteiger partial charge in [0.05, 0.1) is 5.92 Å². The lowest BCUT2D eigenvalue weighted by molar-refractivity contribution is -0.138. The van der Waals surface area contributed by atoms with Gasteiger partial charge in [0.15, 0.2) is 0 Å². The first-order valence-electron chi connectivity index (χ1n) is 5.49. The average molecular weight is 206 g/mol. The second kappa shape index (κ2) is 2.87. The standard InChI is InChI=1S/C12H14O3/c1-6-4-7(6)10-2-3-11(15-10)8-5-9(8)12(13)14/h2-3,6-9H,4-5H2,1H3,(H,13,14)/t6-,7+,8-,9+/m1/s1. The quantitative estimate of drug-likeness (QED) is 0.826. The molecule has 0 amide bonds. The summed E-state index contributed by atoms with van der Waals surface area (Å²) < 4.78 is 5.72. The Labute approximate surface area is 88.1 Å². The molecule has 3 nitrogen and oxygen atoms in total. The Balaban J connectivity index is 1.72. The van der Waals surface area contributed by atoms with E-state index in [-0.39, 0.29) is 11.8 Å². The van der Waals surface area contributed by atoms with Gasteiger partial charge in [-0.2, -0.15) is 0 Å². The van der Waals surface area contributed by atoms with Crippen molar-refractivity contribution in [3.05, 3.63) is 23.7 Å². The molecule has 2 aliphatic carbocycles. The summed E-state index contributed by atoms with van der Waals surface area (Å²) in [5, 5.41) is 8.81. The Kier molecular flexibility index (Phi) is 1.73. The van der Waals surface area contributed by atoms with E-state index in [0.29, 0.717) is 5.92 Å². The van der Waals surface area contributed by atoms with Crippen LogP contribution in [0.2, 0.25) is 0 Å². The first-order chi connectivity index (χ1) is 7.16. The van der Waals surface area contributed by atoms with Gasteiger partial charge in [-0.05, 0) is 30.9 Å². The summed E-state index contributed by atoms with van der Waals surface area (Å²) in [4.78, 5) is 10.7. The molecule has 2 aliphatic rings. The van der Waals surface area contributed by atoms with Gasteiger partial charge in [0, 0.05) is 11.8 Å². The third-order valence-electron chi connectivity index (χ3n) is 3.60. The molecule has 0 unspecified atom stereocenters. The number of aliphatic carboxylic acids is 1. The Bertz CT molecular complexity index is 407. The summed E-state index contributed by atoms with van der Waals surface area (Å²) in [6.07, 6.45) is 1.95. The van der Waals surface area contributed by atoms with Gasteiger partial charge in [-0.25, -0.2) is 0 Å². The van der Waals surface area contributed by atoms with Crippen LogP contribution in [0.4, 0.5) is 0 Å². The summed E-state index contributed by atoms with van der Waals surface area (Å²) in [5.74, 6) is 2.47. The number of carbonyl (C=O) groups is 1. The summed E-state index contributed by atoms with van der Waals surface area (Å²) in [6, 6.07) is 3.97. The van der Waals surface area contributed by atoms with Crippen molar-refractivity contribution in [1.82, 2.24) is 0 Å². The molecule has 4 atom stereocenters. The maximum atomic E-state index is 10.7. The minimum atomic E-state index is -0.697. The van der Waals surface area contributed by atoms with Crippen LogP contribution in [-0.2, 0) is 4.79 Å². The molecule has 1 heterocycles. The molecule has 0 aliphatic heterocycles. The molecular formula is C12H14O3. The fourth-order valence-corrected chi connectivity index (χ4v) is 2.27. The Hall–Kier alpha value is -1.25. The molecule has 1 N–H and O–H groups in total. The van der Waals surface area contributed by atoms with Crippen LogP contribution in [-0.4, -0.2) is 11.1 Å². The van der Waals surface area contributed by atoms with Gasteiger partial charge >= 0.3 is 5.97 Å². The van der Waals surface area contributed by atoms with Gasteiger partial charge in [-0.15, -0.1) is 0 Å². The highest BCUT2D eigenvalue weighted by atomic mass is 16.4. The van der Waals surface area contributed by atoms with Gasteiger partial charge in [0.1, 0.15) is 11.5 Å². The van der Waals surface area contributed by atoms with Crippen molar-refractivity contribution >= 4 is 5.97 Å². The van der Waals surface area contributed by atoms with E-state index in [1.165, 1.54) is 6.42 Å². The summed E-state index contributed by atoms with van der Waals surface area (Å²) in [6.45, 7) is 2.21. The number of carboxylic acids is 1. The minimum absolute atomic E-state index is 0.130. The SMILES string of the molecule is C[C@@H]1C[C@@H]1c1ccc([C@@H]2C[C@@H]2C(=O)O)o1. The molecule has 3 heteroatoms. The summed E-state index contributed by atoms with van der Waals surface area (Å²) in [7, 11) is 0. The van der Waals surface area contributed by atoms with E-state index < -0.39 is 5.97 Å². The van der Waals surface area contributed by atoms with Gasteiger partial charge in [-0.1, -0.05) is 6.92 Å². The molecule has 1 aromatic heterocycles. The molecule has 0 bridgehead atoms. The fraction of sp³-hybridized carbons (Fsp3) is 0.583. The van der Waals surface area contributed by atoms with Crippen molar-refractivity contribution in [2.45, 2.75) is 31.6 Å². The lowest BCUT2D eigenvalue weighted by atomic mass is 10.2. The van der Waals surface area contributed by atoms with Crippen LogP contribution in [0.3, 0.4) is 0 Å². The van der Waals surface area contributed by atoms with Crippen LogP contribution >= 0.6 is 0 Å². The molecule has 2 fully saturated rings. The van der Waals surface area contributed by atoms with Crippen molar-refractivity contribution in [3.8, 4) is 0 Å². The Morgan fingerprint density at radius 2 is 1.93 bits per heavy atom. The summed E-state index contributed by atoms with van der Waals surface area (Å²) in [5.41, 5.74) is 0. The zero-order valence-electron chi connectivity index (χ0n) is 8.64. The third kappa shape index (κ3) is 1.46. The molecular weight excluding hydrogens is 192 g/mol. The number of hydrogen-bond acceptors (Lipinski definition) is 2. The number of carboxylic acid groups (broad SMARTS) is 1. The van der Waals surface area contributed by atoms with Crippen LogP contribution in [0.1, 0.15) is 43.1 Å². The van der Waals surface area contributed by atoms with Gasteiger partial charge in [0.25, 0.3) is 0 Å². The van der Waals surface area contributed by atoms with Crippen molar-refractivity contribution in [2.75, 3.05) is 0 Å². The highest BCUT2D eigenvalue weighted by molar-refractivity contribution is 5.74. The van der Waals surface area contributed by atoms with E-state index in [9.17, 15) is 4.79 Å². The normalized spacial score (nSPS) is 37.7. The number of hydrogen-bond donors (Lipinski definition) is 1. The van der Waals surface area contributed by atoms with E-state index in [1.54, 1.807) is 0 Å². The highest BCUT2D eigenvalue weighted by Crippen LogP contribution is 2.51. The topological polar surface area (TPSA) is 50.4 Å². The second-order valence-electron chi connectivity index (χ2n) is 4.85. The fourth-order valence-electron chi connectivity index (χ4n) is 2.27. The molecule has 3 rings (SSSR count). The lowest BCUT2D eigenvalue weighted by Crippen LogP contribution is -1.98. The van der Waals surface area contributed by atoms with Crippen molar-refractivity contribution in [2.24, 2.45) is 11.8 Å². The molecule has 0 radical (unpaired) electrons. The zero-order valence-corrected chi connectivity index (χ0v) is 8.64. The van der Waals surface area contributed by atoms with Crippen LogP contribution < -0.4 is 0 Å². The van der Waals surface area contributed by atoms with E-state index in [4.69, 9.17) is 9.52 Å². The average Bonchev–Trinajstić information content (AvgIpc) is 3.07. The van der Waals surface area contributed by atoms with Crippen LogP contribution in [0, 0.1) is 11.8 Å². The first kappa shape index (κ1) is 9.01. The predicted molar refractivity (Wildman–Crippen MR) is 53.7 cm³/mol. The Morgan fingerprint density at radius 1 is 1.33 bits per heavy atom. The molecule has 0 saturated heterocycles. The van der Waals surface area contributed by atoms with Crippen molar-refractivity contribution < 1.29 is 14.3 Å². The molecule has 80 valence electrons. The number of furan rings is 1.